The van der Waals surface area contributed by atoms with Crippen molar-refractivity contribution >= 4 is 21.7 Å². The third-order valence-electron chi connectivity index (χ3n) is 3.56. The molecule has 0 unspecified atom stereocenters. The molecule has 0 spiro atoms. The quantitative estimate of drug-likeness (QED) is 0.838. The lowest BCUT2D eigenvalue weighted by Crippen LogP contribution is -2.09. The minimum absolute atomic E-state index is 0.247. The first kappa shape index (κ1) is 15.0. The van der Waals surface area contributed by atoms with Crippen LogP contribution in [0.25, 0.3) is 0 Å². The summed E-state index contributed by atoms with van der Waals surface area (Å²) in [5, 5.41) is 4.31. The lowest BCUT2D eigenvalue weighted by atomic mass is 10.0. The van der Waals surface area contributed by atoms with Crippen molar-refractivity contribution in [3.05, 3.63) is 51.3 Å². The zero-order chi connectivity index (χ0) is 14.7. The maximum atomic E-state index is 12.1. The minimum atomic E-state index is 0.247. The van der Waals surface area contributed by atoms with Gasteiger partial charge in [-0.15, -0.1) is 0 Å². The Balaban J connectivity index is 1.98. The van der Waals surface area contributed by atoms with Gasteiger partial charge in [-0.1, -0.05) is 24.3 Å². The van der Waals surface area contributed by atoms with Gasteiger partial charge in [0.2, 0.25) is 0 Å². The molecule has 2 aromatic rings. The molecule has 0 fully saturated rings. The second kappa shape index (κ2) is 6.35. The van der Waals surface area contributed by atoms with Crippen LogP contribution in [0.1, 0.15) is 28.9 Å². The van der Waals surface area contributed by atoms with Gasteiger partial charge in [-0.2, -0.15) is 5.10 Å². The molecule has 0 aliphatic rings. The number of carbonyl (C=O) groups excluding carboxylic acids is 1. The third kappa shape index (κ3) is 3.37. The number of ketones is 1. The highest BCUT2D eigenvalue weighted by Crippen LogP contribution is 2.21. The molecule has 0 saturated heterocycles. The van der Waals surface area contributed by atoms with Gasteiger partial charge in [-0.05, 0) is 47.3 Å². The SMILES string of the molecule is Cc1ccccc1CCC(=O)Cc1c(Br)c(C)nn1C. The van der Waals surface area contributed by atoms with Gasteiger partial charge in [0.15, 0.2) is 0 Å². The van der Waals surface area contributed by atoms with Gasteiger partial charge >= 0.3 is 0 Å². The summed E-state index contributed by atoms with van der Waals surface area (Å²) in [6.45, 7) is 4.02. The van der Waals surface area contributed by atoms with Gasteiger partial charge in [0.25, 0.3) is 0 Å². The molecule has 0 saturated carbocycles. The molecular formula is C16H19BrN2O. The maximum Gasteiger partial charge on any atom is 0.139 e. The molecule has 4 heteroatoms. The van der Waals surface area contributed by atoms with E-state index in [9.17, 15) is 4.79 Å². The standard InChI is InChI=1S/C16H19BrN2O/c1-11-6-4-5-7-13(11)8-9-14(20)10-15-16(17)12(2)18-19(15)3/h4-7H,8-10H2,1-3H3. The number of carbonyl (C=O) groups is 1. The van der Waals surface area contributed by atoms with Crippen LogP contribution in [0, 0.1) is 13.8 Å². The smallest absolute Gasteiger partial charge is 0.139 e. The first-order valence-electron chi connectivity index (χ1n) is 6.73. The molecule has 2 rings (SSSR count). The lowest BCUT2D eigenvalue weighted by molar-refractivity contribution is -0.118. The fourth-order valence-corrected chi connectivity index (χ4v) is 2.79. The lowest BCUT2D eigenvalue weighted by Gasteiger charge is -2.06. The third-order valence-corrected chi connectivity index (χ3v) is 4.59. The first-order valence-corrected chi connectivity index (χ1v) is 7.52. The van der Waals surface area contributed by atoms with Crippen molar-refractivity contribution in [2.24, 2.45) is 7.05 Å². The fourth-order valence-electron chi connectivity index (χ4n) is 2.31. The Morgan fingerprint density at radius 2 is 2.00 bits per heavy atom. The average molecular weight is 335 g/mol. The number of benzene rings is 1. The van der Waals surface area contributed by atoms with Crippen LogP contribution in [0.2, 0.25) is 0 Å². The normalized spacial score (nSPS) is 10.8. The molecular weight excluding hydrogens is 316 g/mol. The molecule has 0 amide bonds. The Kier molecular flexibility index (Phi) is 4.76. The molecule has 1 aromatic carbocycles. The molecule has 1 heterocycles. The van der Waals surface area contributed by atoms with E-state index in [4.69, 9.17) is 0 Å². The molecule has 0 aliphatic carbocycles. The van der Waals surface area contributed by atoms with Gasteiger partial charge in [0, 0.05) is 19.9 Å². The Bertz CT molecular complexity index is 631. The minimum Gasteiger partial charge on any atom is -0.299 e. The van der Waals surface area contributed by atoms with E-state index in [1.54, 1.807) is 4.68 Å². The van der Waals surface area contributed by atoms with E-state index in [1.165, 1.54) is 11.1 Å². The van der Waals surface area contributed by atoms with Crippen LogP contribution in [0.15, 0.2) is 28.7 Å². The topological polar surface area (TPSA) is 34.9 Å². The monoisotopic (exact) mass is 334 g/mol. The highest BCUT2D eigenvalue weighted by molar-refractivity contribution is 9.10. The van der Waals surface area contributed by atoms with Gasteiger partial charge < -0.3 is 0 Å². The zero-order valence-corrected chi connectivity index (χ0v) is 13.7. The molecule has 20 heavy (non-hydrogen) atoms. The number of Topliss-reactive ketones (excluding diaryl/α,β-unsaturated/α-hetero) is 1. The van der Waals surface area contributed by atoms with Gasteiger partial charge in [0.05, 0.1) is 15.9 Å². The van der Waals surface area contributed by atoms with E-state index in [0.717, 1.165) is 22.3 Å². The van der Waals surface area contributed by atoms with Crippen LogP contribution >= 0.6 is 15.9 Å². The Hall–Kier alpha value is -1.42. The van der Waals surface area contributed by atoms with Crippen molar-refractivity contribution in [3.8, 4) is 0 Å². The van der Waals surface area contributed by atoms with E-state index >= 15 is 0 Å². The van der Waals surface area contributed by atoms with Crippen molar-refractivity contribution in [2.45, 2.75) is 33.1 Å². The van der Waals surface area contributed by atoms with Crippen molar-refractivity contribution in [2.75, 3.05) is 0 Å². The molecule has 106 valence electrons. The molecule has 1 aromatic heterocycles. The summed E-state index contributed by atoms with van der Waals surface area (Å²) >= 11 is 3.50. The van der Waals surface area contributed by atoms with Crippen molar-refractivity contribution in [1.82, 2.24) is 9.78 Å². The van der Waals surface area contributed by atoms with Crippen molar-refractivity contribution in [1.29, 1.82) is 0 Å². The van der Waals surface area contributed by atoms with E-state index in [2.05, 4.69) is 40.1 Å². The maximum absolute atomic E-state index is 12.1. The number of aryl methyl sites for hydroxylation is 4. The highest BCUT2D eigenvalue weighted by Gasteiger charge is 2.14. The fraction of sp³-hybridized carbons (Fsp3) is 0.375. The van der Waals surface area contributed by atoms with Gasteiger partial charge in [-0.25, -0.2) is 0 Å². The van der Waals surface area contributed by atoms with Crippen LogP contribution in [0.3, 0.4) is 0 Å². The Labute approximate surface area is 128 Å². The Morgan fingerprint density at radius 1 is 1.30 bits per heavy atom. The zero-order valence-electron chi connectivity index (χ0n) is 12.1. The molecule has 0 aliphatic heterocycles. The predicted octanol–water partition coefficient (Wildman–Crippen LogP) is 3.54. The van der Waals surface area contributed by atoms with Crippen LogP contribution < -0.4 is 0 Å². The van der Waals surface area contributed by atoms with Crippen molar-refractivity contribution < 1.29 is 4.79 Å². The molecule has 0 atom stereocenters. The van der Waals surface area contributed by atoms with Crippen LogP contribution in [0.4, 0.5) is 0 Å². The summed E-state index contributed by atoms with van der Waals surface area (Å²) < 4.78 is 2.73. The molecule has 0 radical (unpaired) electrons. The van der Waals surface area contributed by atoms with Gasteiger partial charge in [-0.3, -0.25) is 9.48 Å². The highest BCUT2D eigenvalue weighted by atomic mass is 79.9. The summed E-state index contributed by atoms with van der Waals surface area (Å²) in [5.74, 6) is 0.247. The molecule has 0 N–H and O–H groups in total. The average Bonchev–Trinajstić information content (AvgIpc) is 2.64. The molecule has 0 bridgehead atoms. The van der Waals surface area contributed by atoms with E-state index in [0.29, 0.717) is 12.8 Å². The summed E-state index contributed by atoms with van der Waals surface area (Å²) in [6.07, 6.45) is 1.81. The summed E-state index contributed by atoms with van der Waals surface area (Å²) in [7, 11) is 1.88. The van der Waals surface area contributed by atoms with E-state index < -0.39 is 0 Å². The van der Waals surface area contributed by atoms with E-state index in [1.807, 2.05) is 26.1 Å². The predicted molar refractivity (Wildman–Crippen MR) is 83.9 cm³/mol. The van der Waals surface area contributed by atoms with Crippen molar-refractivity contribution in [3.63, 3.8) is 0 Å². The summed E-state index contributed by atoms with van der Waals surface area (Å²) in [4.78, 5) is 12.1. The number of rotatable bonds is 5. The Morgan fingerprint density at radius 3 is 2.60 bits per heavy atom. The number of aromatic nitrogens is 2. The second-order valence-corrected chi connectivity index (χ2v) is 5.90. The number of nitrogens with zero attached hydrogens (tertiary/aromatic N) is 2. The largest absolute Gasteiger partial charge is 0.299 e. The number of hydrogen-bond donors (Lipinski definition) is 0. The number of halogens is 1. The first-order chi connectivity index (χ1) is 9.49. The summed E-state index contributed by atoms with van der Waals surface area (Å²) in [5.41, 5.74) is 4.38. The van der Waals surface area contributed by atoms with Crippen LogP contribution in [-0.2, 0) is 24.7 Å². The van der Waals surface area contributed by atoms with Gasteiger partial charge in [0.1, 0.15) is 5.78 Å². The second-order valence-electron chi connectivity index (χ2n) is 5.11. The summed E-state index contributed by atoms with van der Waals surface area (Å²) in [6, 6.07) is 8.22. The molecule has 3 nitrogen and oxygen atoms in total. The van der Waals surface area contributed by atoms with Crippen LogP contribution in [-0.4, -0.2) is 15.6 Å². The van der Waals surface area contributed by atoms with Crippen LogP contribution in [0.5, 0.6) is 0 Å². The van der Waals surface area contributed by atoms with E-state index in [-0.39, 0.29) is 5.78 Å². The number of hydrogen-bond acceptors (Lipinski definition) is 2.